The predicted octanol–water partition coefficient (Wildman–Crippen LogP) is 4.91. The lowest BCUT2D eigenvalue weighted by molar-refractivity contribution is -0.136. The van der Waals surface area contributed by atoms with Crippen molar-refractivity contribution in [3.8, 4) is 17.3 Å². The van der Waals surface area contributed by atoms with Crippen LogP contribution in [0.4, 0.5) is 0 Å². The van der Waals surface area contributed by atoms with Gasteiger partial charge in [0.05, 0.1) is 11.8 Å². The van der Waals surface area contributed by atoms with Gasteiger partial charge in [0.1, 0.15) is 18.8 Å². The highest BCUT2D eigenvalue weighted by Crippen LogP contribution is 2.30. The molecule has 2 atom stereocenters. The molecule has 5 nitrogen and oxygen atoms in total. The van der Waals surface area contributed by atoms with Gasteiger partial charge in [-0.05, 0) is 35.6 Å². The molecule has 0 aliphatic heterocycles. The van der Waals surface area contributed by atoms with Gasteiger partial charge < -0.3 is 10.1 Å². The van der Waals surface area contributed by atoms with Crippen LogP contribution in [0.15, 0.2) is 79.0 Å². The van der Waals surface area contributed by atoms with Gasteiger partial charge in [0.25, 0.3) is 0 Å². The van der Waals surface area contributed by atoms with Crippen molar-refractivity contribution < 1.29 is 9.53 Å². The lowest BCUT2D eigenvalue weighted by Gasteiger charge is -2.26. The number of hydrogen-bond acceptors (Lipinski definition) is 4. The summed E-state index contributed by atoms with van der Waals surface area (Å²) in [7, 11) is 0. The number of ether oxygens (including phenoxy) is 1. The summed E-state index contributed by atoms with van der Waals surface area (Å²) in [6.45, 7) is 4.06. The lowest BCUT2D eigenvalue weighted by atomic mass is 9.98. The number of benzene rings is 2. The van der Waals surface area contributed by atoms with Gasteiger partial charge in [-0.3, -0.25) is 9.78 Å². The number of hydrogen-bond donors (Lipinski definition) is 1. The molecule has 0 radical (unpaired) electrons. The van der Waals surface area contributed by atoms with E-state index in [1.807, 2.05) is 92.7 Å². The van der Waals surface area contributed by atoms with E-state index >= 15 is 0 Å². The van der Waals surface area contributed by atoms with Gasteiger partial charge >= 0.3 is 0 Å². The third kappa shape index (κ3) is 6.24. The number of amides is 1. The molecule has 3 aromatic rings. The molecule has 0 aliphatic carbocycles. The largest absolute Gasteiger partial charge is 0.356 e. The van der Waals surface area contributed by atoms with Crippen molar-refractivity contribution in [2.24, 2.45) is 5.92 Å². The first kappa shape index (κ1) is 22.2. The van der Waals surface area contributed by atoms with Gasteiger partial charge in [-0.15, -0.1) is 0 Å². The molecule has 5 heteroatoms. The zero-order valence-electron chi connectivity index (χ0n) is 17.9. The Balaban J connectivity index is 1.91. The maximum absolute atomic E-state index is 12.7. The van der Waals surface area contributed by atoms with Crippen LogP contribution in [0.25, 0.3) is 11.3 Å². The fourth-order valence-electron chi connectivity index (χ4n) is 3.40. The van der Waals surface area contributed by atoms with Gasteiger partial charge in [-0.25, -0.2) is 0 Å². The summed E-state index contributed by atoms with van der Waals surface area (Å²) in [5.74, 6) is 0.00192. The zero-order valence-corrected chi connectivity index (χ0v) is 17.9. The van der Waals surface area contributed by atoms with Crippen molar-refractivity contribution in [2.75, 3.05) is 6.54 Å². The molecule has 1 unspecified atom stereocenters. The predicted molar refractivity (Wildman–Crippen MR) is 121 cm³/mol. The first-order valence-electron chi connectivity index (χ1n) is 10.4. The van der Waals surface area contributed by atoms with Crippen LogP contribution in [0.5, 0.6) is 0 Å². The Bertz CT molecular complexity index is 996. The van der Waals surface area contributed by atoms with Gasteiger partial charge in [0.2, 0.25) is 5.91 Å². The van der Waals surface area contributed by atoms with E-state index in [0.29, 0.717) is 6.42 Å². The Morgan fingerprint density at radius 3 is 2.29 bits per heavy atom. The van der Waals surface area contributed by atoms with Crippen molar-refractivity contribution in [1.82, 2.24) is 10.3 Å². The second-order valence-corrected chi connectivity index (χ2v) is 7.76. The minimum Gasteiger partial charge on any atom is -0.356 e. The fourth-order valence-corrected chi connectivity index (χ4v) is 3.40. The number of aromatic nitrogens is 1. The molecule has 1 aromatic heterocycles. The highest BCUT2D eigenvalue weighted by Gasteiger charge is 2.26. The van der Waals surface area contributed by atoms with Crippen LogP contribution < -0.4 is 5.32 Å². The second kappa shape index (κ2) is 11.1. The highest BCUT2D eigenvalue weighted by atomic mass is 16.5. The van der Waals surface area contributed by atoms with Gasteiger partial charge in [0, 0.05) is 11.8 Å². The van der Waals surface area contributed by atoms with E-state index in [0.717, 1.165) is 22.4 Å². The Morgan fingerprint density at radius 1 is 1.00 bits per heavy atom. The monoisotopic (exact) mass is 413 g/mol. The number of nitrogens with one attached hydrogen (secondary N) is 1. The summed E-state index contributed by atoms with van der Waals surface area (Å²) in [6, 6.07) is 25.7. The number of nitrogens with zero attached hydrogens (tertiary/aromatic N) is 2. The summed E-state index contributed by atoms with van der Waals surface area (Å²) in [5.41, 5.74) is 3.84. The Kier molecular flexibility index (Phi) is 7.91. The van der Waals surface area contributed by atoms with Gasteiger partial charge in [0.15, 0.2) is 0 Å². The van der Waals surface area contributed by atoms with Crippen molar-refractivity contribution in [3.05, 3.63) is 90.1 Å². The van der Waals surface area contributed by atoms with Crippen LogP contribution in [-0.4, -0.2) is 23.5 Å². The summed E-state index contributed by atoms with van der Waals surface area (Å²) < 4.78 is 6.40. The lowest BCUT2D eigenvalue weighted by Crippen LogP contribution is -2.38. The first-order valence-corrected chi connectivity index (χ1v) is 10.4. The standard InChI is InChI=1S/C26H27N3O2/c1-19(2)18-24(26(30)29-17-15-27)31-25(21-8-4-3-5-9-21)22-13-11-20(12-14-22)23-10-6-7-16-28-23/h3-14,16,19,24-25H,17-18H2,1-2H3,(H,29,30)/t24-,25?/m0/s1. The Labute approximate surface area is 183 Å². The molecular weight excluding hydrogens is 386 g/mol. The molecular formula is C26H27N3O2. The summed E-state index contributed by atoms with van der Waals surface area (Å²) in [6.07, 6.45) is 1.27. The van der Waals surface area contributed by atoms with Crippen LogP contribution in [-0.2, 0) is 9.53 Å². The molecule has 3 rings (SSSR count). The average molecular weight is 414 g/mol. The molecule has 158 valence electrons. The Morgan fingerprint density at radius 2 is 1.68 bits per heavy atom. The topological polar surface area (TPSA) is 75.0 Å². The number of carbonyl (C=O) groups is 1. The quantitative estimate of drug-likeness (QED) is 0.506. The molecule has 2 aromatic carbocycles. The third-order valence-electron chi connectivity index (χ3n) is 4.90. The summed E-state index contributed by atoms with van der Waals surface area (Å²) in [4.78, 5) is 17.1. The van der Waals surface area contributed by atoms with E-state index in [9.17, 15) is 4.79 Å². The number of carbonyl (C=O) groups excluding carboxylic acids is 1. The van der Waals surface area contributed by atoms with E-state index in [2.05, 4.69) is 10.3 Å². The molecule has 0 saturated heterocycles. The zero-order chi connectivity index (χ0) is 22.1. The van der Waals surface area contributed by atoms with E-state index in [4.69, 9.17) is 10.00 Å². The van der Waals surface area contributed by atoms with E-state index < -0.39 is 12.2 Å². The number of pyridine rings is 1. The smallest absolute Gasteiger partial charge is 0.250 e. The molecule has 0 aliphatic rings. The minimum atomic E-state index is -0.658. The van der Waals surface area contributed by atoms with Crippen molar-refractivity contribution in [1.29, 1.82) is 5.26 Å². The minimum absolute atomic E-state index is 0.0361. The van der Waals surface area contributed by atoms with Crippen LogP contribution in [0.1, 0.15) is 37.5 Å². The maximum atomic E-state index is 12.7. The van der Waals surface area contributed by atoms with Gasteiger partial charge in [-0.1, -0.05) is 74.5 Å². The van der Waals surface area contributed by atoms with Crippen LogP contribution in [0.2, 0.25) is 0 Å². The third-order valence-corrected chi connectivity index (χ3v) is 4.90. The normalized spacial score (nSPS) is 12.7. The van der Waals surface area contributed by atoms with Gasteiger partial charge in [-0.2, -0.15) is 5.26 Å². The van der Waals surface area contributed by atoms with E-state index in [-0.39, 0.29) is 18.4 Å². The fraction of sp³-hybridized carbons (Fsp3) is 0.269. The molecule has 1 amide bonds. The molecule has 0 spiro atoms. The molecule has 0 saturated carbocycles. The number of rotatable bonds is 9. The first-order chi connectivity index (χ1) is 15.1. The number of nitriles is 1. The second-order valence-electron chi connectivity index (χ2n) is 7.76. The summed E-state index contributed by atoms with van der Waals surface area (Å²) in [5, 5.41) is 11.5. The molecule has 31 heavy (non-hydrogen) atoms. The molecule has 1 N–H and O–H groups in total. The average Bonchev–Trinajstić information content (AvgIpc) is 2.81. The van der Waals surface area contributed by atoms with Crippen LogP contribution in [0.3, 0.4) is 0 Å². The van der Waals surface area contributed by atoms with Crippen molar-refractivity contribution in [3.63, 3.8) is 0 Å². The van der Waals surface area contributed by atoms with E-state index in [1.165, 1.54) is 0 Å². The highest BCUT2D eigenvalue weighted by molar-refractivity contribution is 5.81. The summed E-state index contributed by atoms with van der Waals surface area (Å²) >= 11 is 0. The van der Waals surface area contributed by atoms with Crippen LogP contribution >= 0.6 is 0 Å². The van der Waals surface area contributed by atoms with E-state index in [1.54, 1.807) is 6.20 Å². The van der Waals surface area contributed by atoms with Crippen molar-refractivity contribution in [2.45, 2.75) is 32.5 Å². The molecule has 0 bridgehead atoms. The molecule has 1 heterocycles. The molecule has 0 fully saturated rings. The van der Waals surface area contributed by atoms with Crippen LogP contribution in [0, 0.1) is 17.2 Å². The SMILES string of the molecule is CC(C)C[C@H](OC(c1ccccc1)c1ccc(-c2ccccn2)cc1)C(=O)NCC#N. The maximum Gasteiger partial charge on any atom is 0.250 e. The Hall–Kier alpha value is -3.49. The van der Waals surface area contributed by atoms with Crippen molar-refractivity contribution >= 4 is 5.91 Å².